The number of aromatic nitrogens is 3. The van der Waals surface area contributed by atoms with Gasteiger partial charge in [0.15, 0.2) is 0 Å². The van der Waals surface area contributed by atoms with E-state index in [9.17, 15) is 19.3 Å². The summed E-state index contributed by atoms with van der Waals surface area (Å²) in [6, 6.07) is 12.4. The van der Waals surface area contributed by atoms with Crippen molar-refractivity contribution in [3.63, 3.8) is 0 Å². The molecule has 0 saturated heterocycles. The summed E-state index contributed by atoms with van der Waals surface area (Å²) in [5.74, 6) is -0.844. The Bertz CT molecular complexity index is 1200. The average Bonchev–Trinajstić information content (AvgIpc) is 2.72. The molecule has 1 amide bonds. The number of hydrogen-bond donors (Lipinski definition) is 1. The van der Waals surface area contributed by atoms with E-state index >= 15 is 0 Å². The van der Waals surface area contributed by atoms with E-state index in [4.69, 9.17) is 11.6 Å². The monoisotopic (exact) mass is 427 g/mol. The topological polar surface area (TPSA) is 115 Å². The van der Waals surface area contributed by atoms with Crippen LogP contribution in [-0.2, 0) is 6.54 Å². The first-order valence-corrected chi connectivity index (χ1v) is 9.40. The molecule has 1 heterocycles. The zero-order chi connectivity index (χ0) is 21.8. The second kappa shape index (κ2) is 8.83. The van der Waals surface area contributed by atoms with Crippen molar-refractivity contribution < 1.29 is 4.79 Å². The van der Waals surface area contributed by atoms with Crippen molar-refractivity contribution in [1.82, 2.24) is 14.1 Å². The van der Waals surface area contributed by atoms with Crippen LogP contribution in [0.15, 0.2) is 63.3 Å². The average molecular weight is 428 g/mol. The molecule has 3 rings (SSSR count). The summed E-state index contributed by atoms with van der Waals surface area (Å²) >= 11 is 5.93. The molecule has 9 nitrogen and oxygen atoms in total. The number of carbonyl (C=O) groups is 1. The second-order valence-electron chi connectivity index (χ2n) is 6.78. The fraction of sp³-hybridized carbons (Fsp3) is 0.200. The molecule has 0 spiro atoms. The van der Waals surface area contributed by atoms with E-state index < -0.39 is 17.3 Å². The van der Waals surface area contributed by atoms with Crippen LogP contribution in [0.5, 0.6) is 0 Å². The lowest BCUT2D eigenvalue weighted by molar-refractivity contribution is 0.100. The zero-order valence-electron chi connectivity index (χ0n) is 16.2. The second-order valence-corrected chi connectivity index (χ2v) is 7.21. The van der Waals surface area contributed by atoms with Gasteiger partial charge in [-0.25, -0.2) is 14.2 Å². The Labute approximate surface area is 175 Å². The lowest BCUT2D eigenvalue weighted by Crippen LogP contribution is -2.43. The van der Waals surface area contributed by atoms with Gasteiger partial charge in [-0.05, 0) is 55.8 Å². The minimum absolute atomic E-state index is 0.0458. The van der Waals surface area contributed by atoms with Crippen molar-refractivity contribution in [3.8, 4) is 0 Å². The summed E-state index contributed by atoms with van der Waals surface area (Å²) in [5, 5.41) is 5.86. The molecule has 0 atom stereocenters. The molecule has 2 aromatic carbocycles. The van der Waals surface area contributed by atoms with Crippen LogP contribution in [0.25, 0.3) is 0 Å². The summed E-state index contributed by atoms with van der Waals surface area (Å²) in [4.78, 5) is 51.2. The van der Waals surface area contributed by atoms with E-state index in [0.29, 0.717) is 10.7 Å². The molecule has 0 radical (unpaired) electrons. The fourth-order valence-corrected chi connectivity index (χ4v) is 2.96. The summed E-state index contributed by atoms with van der Waals surface area (Å²) in [6.07, 6.45) is 0. The minimum atomic E-state index is -0.890. The number of amides is 1. The Morgan fingerprint density at radius 1 is 1.10 bits per heavy atom. The zero-order valence-corrected chi connectivity index (χ0v) is 17.0. The molecule has 0 aliphatic heterocycles. The van der Waals surface area contributed by atoms with Crippen molar-refractivity contribution in [3.05, 3.63) is 90.6 Å². The van der Waals surface area contributed by atoms with E-state index in [1.165, 1.54) is 28.8 Å². The van der Waals surface area contributed by atoms with Crippen LogP contribution >= 0.6 is 11.6 Å². The molecule has 1 N–H and O–H groups in total. The van der Waals surface area contributed by atoms with Crippen LogP contribution < -0.4 is 16.7 Å². The van der Waals surface area contributed by atoms with Crippen LogP contribution in [-0.4, -0.2) is 20.0 Å². The molecule has 10 heteroatoms. The number of nitrogens with zero attached hydrogens (tertiary/aromatic N) is 4. The molecule has 154 valence electrons. The van der Waals surface area contributed by atoms with Gasteiger partial charge in [0, 0.05) is 27.5 Å². The predicted molar refractivity (Wildman–Crippen MR) is 114 cm³/mol. The van der Waals surface area contributed by atoms with Crippen molar-refractivity contribution >= 4 is 29.1 Å². The highest BCUT2D eigenvalue weighted by atomic mass is 35.5. The SMILES string of the molecule is CC(C)n1c(=O)nc(Nc2ccc(C(=O)N=O)cc2)n(Cc2ccc(Cl)cc2)c1=O. The molecular formula is C20H18ClN5O4. The highest BCUT2D eigenvalue weighted by Crippen LogP contribution is 2.17. The van der Waals surface area contributed by atoms with Gasteiger partial charge in [0.1, 0.15) is 0 Å². The van der Waals surface area contributed by atoms with Gasteiger partial charge in [0.05, 0.1) is 6.54 Å². The van der Waals surface area contributed by atoms with Gasteiger partial charge >= 0.3 is 17.3 Å². The van der Waals surface area contributed by atoms with Crippen LogP contribution in [0.4, 0.5) is 11.6 Å². The standard InChI is InChI=1S/C20H18ClN5O4/c1-12(2)26-19(28)23-18(22-16-9-5-14(6-10-16)17(27)24-30)25(20(26)29)11-13-3-7-15(21)8-4-13/h3-10,12H,11H2,1-2H3,(H,22,23,28). The van der Waals surface area contributed by atoms with E-state index in [1.807, 2.05) is 0 Å². The van der Waals surface area contributed by atoms with E-state index in [1.54, 1.807) is 38.1 Å². The van der Waals surface area contributed by atoms with Gasteiger partial charge in [-0.3, -0.25) is 9.36 Å². The first-order valence-electron chi connectivity index (χ1n) is 9.02. The molecule has 0 aliphatic rings. The normalized spacial score (nSPS) is 10.8. The Balaban J connectivity index is 2.05. The number of anilines is 2. The van der Waals surface area contributed by atoms with E-state index in [0.717, 1.165) is 10.1 Å². The van der Waals surface area contributed by atoms with Crippen LogP contribution in [0.1, 0.15) is 35.8 Å². The summed E-state index contributed by atoms with van der Waals surface area (Å²) in [7, 11) is 0. The summed E-state index contributed by atoms with van der Waals surface area (Å²) < 4.78 is 2.41. The molecular weight excluding hydrogens is 410 g/mol. The number of halogens is 1. The Hall–Kier alpha value is -3.59. The third kappa shape index (κ3) is 4.52. The maximum atomic E-state index is 13.0. The molecule has 0 saturated carbocycles. The predicted octanol–water partition coefficient (Wildman–Crippen LogP) is 3.34. The van der Waals surface area contributed by atoms with Crippen LogP contribution in [0.2, 0.25) is 5.02 Å². The quantitative estimate of drug-likeness (QED) is 0.603. The van der Waals surface area contributed by atoms with Gasteiger partial charge in [0.25, 0.3) is 0 Å². The molecule has 3 aromatic rings. The van der Waals surface area contributed by atoms with Gasteiger partial charge in [-0.15, -0.1) is 4.91 Å². The number of rotatable bonds is 6. The molecule has 0 aliphatic carbocycles. The number of nitroso groups, excluding NO2 is 1. The van der Waals surface area contributed by atoms with Crippen molar-refractivity contribution in [2.75, 3.05) is 5.32 Å². The number of benzene rings is 2. The Morgan fingerprint density at radius 3 is 2.30 bits per heavy atom. The van der Waals surface area contributed by atoms with Crippen molar-refractivity contribution in [2.24, 2.45) is 5.18 Å². The maximum absolute atomic E-state index is 13.0. The molecule has 0 unspecified atom stereocenters. The first kappa shape index (κ1) is 21.1. The van der Waals surface area contributed by atoms with Gasteiger partial charge in [-0.1, -0.05) is 23.7 Å². The van der Waals surface area contributed by atoms with Gasteiger partial charge in [0.2, 0.25) is 5.95 Å². The largest absolute Gasteiger partial charge is 0.355 e. The molecule has 30 heavy (non-hydrogen) atoms. The summed E-state index contributed by atoms with van der Waals surface area (Å²) in [5.41, 5.74) is 0.188. The summed E-state index contributed by atoms with van der Waals surface area (Å²) in [6.45, 7) is 3.60. The van der Waals surface area contributed by atoms with E-state index in [2.05, 4.69) is 15.5 Å². The number of nitrogens with one attached hydrogen (secondary N) is 1. The minimum Gasteiger partial charge on any atom is -0.325 e. The Morgan fingerprint density at radius 2 is 1.73 bits per heavy atom. The first-order chi connectivity index (χ1) is 14.3. The lowest BCUT2D eigenvalue weighted by Gasteiger charge is -2.17. The van der Waals surface area contributed by atoms with Gasteiger partial charge < -0.3 is 5.32 Å². The number of carbonyl (C=O) groups excluding carboxylic acids is 1. The van der Waals surface area contributed by atoms with Gasteiger partial charge in [-0.2, -0.15) is 4.98 Å². The smallest absolute Gasteiger partial charge is 0.325 e. The maximum Gasteiger partial charge on any atom is 0.355 e. The van der Waals surface area contributed by atoms with Crippen molar-refractivity contribution in [2.45, 2.75) is 26.4 Å². The van der Waals surface area contributed by atoms with E-state index in [-0.39, 0.29) is 24.1 Å². The number of hydrogen-bond acceptors (Lipinski definition) is 6. The highest BCUT2D eigenvalue weighted by molar-refractivity contribution is 6.30. The molecule has 0 fully saturated rings. The van der Waals surface area contributed by atoms with Crippen molar-refractivity contribution in [1.29, 1.82) is 0 Å². The Kier molecular flexibility index (Phi) is 6.22. The lowest BCUT2D eigenvalue weighted by atomic mass is 10.2. The van der Waals surface area contributed by atoms with Crippen LogP contribution in [0, 0.1) is 4.91 Å². The van der Waals surface area contributed by atoms with Crippen LogP contribution in [0.3, 0.4) is 0 Å². The fourth-order valence-electron chi connectivity index (χ4n) is 2.84. The molecule has 0 bridgehead atoms. The third-order valence-electron chi connectivity index (χ3n) is 4.34. The molecule has 1 aromatic heterocycles. The highest BCUT2D eigenvalue weighted by Gasteiger charge is 2.16. The third-order valence-corrected chi connectivity index (χ3v) is 4.59.